The topological polar surface area (TPSA) is 324 Å². The van der Waals surface area contributed by atoms with Gasteiger partial charge in [-0.1, -0.05) is 0 Å². The summed E-state index contributed by atoms with van der Waals surface area (Å²) < 4.78 is 27.4. The fraction of sp³-hybridized carbons (Fsp3) is 0.880. The number of hydrogen-bond acceptors (Lipinski definition) is 17. The van der Waals surface area contributed by atoms with E-state index in [1.54, 1.807) is 0 Å². The number of aliphatic hydroxyl groups is 9. The molecule has 3 rings (SSSR count). The van der Waals surface area contributed by atoms with E-state index in [-0.39, 0.29) is 0 Å². The van der Waals surface area contributed by atoms with E-state index >= 15 is 0 Å². The summed E-state index contributed by atoms with van der Waals surface area (Å²) in [6.07, 6.45) is -24.6. The molecule has 0 aromatic heterocycles. The molecule has 3 aliphatic heterocycles. The van der Waals surface area contributed by atoms with Crippen LogP contribution in [0.25, 0.3) is 0 Å². The molecule has 3 fully saturated rings. The Morgan fingerprint density at radius 2 is 1.51 bits per heavy atom. The van der Waals surface area contributed by atoms with Gasteiger partial charge in [0.1, 0.15) is 54.9 Å². The number of aliphatic carboxylic acids is 1. The minimum Gasteiger partial charge on any atom is -0.477 e. The van der Waals surface area contributed by atoms with Gasteiger partial charge >= 0.3 is 5.97 Å². The largest absolute Gasteiger partial charge is 0.477 e. The maximum absolute atomic E-state index is 12.7. The van der Waals surface area contributed by atoms with Crippen molar-refractivity contribution in [1.29, 1.82) is 0 Å². The van der Waals surface area contributed by atoms with Crippen molar-refractivity contribution in [2.24, 2.45) is 0 Å². The SMILES string of the molecule is CC(=O)N[C@@H]([C@@H]1O[C@@](O[C@H]2[C@@H](O)[C@@H](CO)O[C@@H](O[C@H]3[C@H](O)[C@@H](O)[C@H](O)O[C@@H]3CO)[C@@H]2O)(C(=O)O)C[C@H](O)[C@H]1NC(C)=O)[C@@H](C)O. The number of carboxylic acid groups (broad SMARTS) is 1. The van der Waals surface area contributed by atoms with E-state index < -0.39 is 135 Å². The molecule has 3 heterocycles. The lowest BCUT2D eigenvalue weighted by atomic mass is 9.87. The van der Waals surface area contributed by atoms with Crippen molar-refractivity contribution in [1.82, 2.24) is 10.6 Å². The molecule has 2 amide bonds. The molecule has 20 heteroatoms. The molecule has 0 saturated carbocycles. The molecule has 16 atom stereocenters. The monoisotopic (exact) mass is 658 g/mol. The second kappa shape index (κ2) is 15.2. The quantitative estimate of drug-likeness (QED) is 0.0981. The Morgan fingerprint density at radius 3 is 2.02 bits per heavy atom. The van der Waals surface area contributed by atoms with Gasteiger partial charge in [-0.05, 0) is 6.92 Å². The molecular formula is C25H42N2O18. The van der Waals surface area contributed by atoms with E-state index in [1.165, 1.54) is 6.92 Å². The lowest BCUT2D eigenvalue weighted by Crippen LogP contribution is -2.72. The number of rotatable bonds is 11. The number of aliphatic hydroxyl groups excluding tert-OH is 9. The van der Waals surface area contributed by atoms with Crippen molar-refractivity contribution in [2.75, 3.05) is 13.2 Å². The summed E-state index contributed by atoms with van der Waals surface area (Å²) in [6, 6.07) is -2.84. The Morgan fingerprint density at radius 1 is 0.889 bits per heavy atom. The van der Waals surface area contributed by atoms with Crippen LogP contribution in [0.5, 0.6) is 0 Å². The Bertz CT molecular complexity index is 1020. The summed E-state index contributed by atoms with van der Waals surface area (Å²) in [7, 11) is 0. The Kier molecular flexibility index (Phi) is 12.6. The molecule has 12 N–H and O–H groups in total. The number of amides is 2. The van der Waals surface area contributed by atoms with E-state index in [1.807, 2.05) is 0 Å². The zero-order valence-electron chi connectivity index (χ0n) is 24.5. The van der Waals surface area contributed by atoms with Crippen LogP contribution >= 0.6 is 0 Å². The summed E-state index contributed by atoms with van der Waals surface area (Å²) >= 11 is 0. The first-order valence-corrected chi connectivity index (χ1v) is 14.1. The predicted molar refractivity (Wildman–Crippen MR) is 140 cm³/mol. The zero-order valence-corrected chi connectivity index (χ0v) is 24.5. The number of carbonyl (C=O) groups is 3. The van der Waals surface area contributed by atoms with E-state index in [0.717, 1.165) is 13.8 Å². The third-order valence-electron chi connectivity index (χ3n) is 7.79. The van der Waals surface area contributed by atoms with Crippen molar-refractivity contribution in [3.8, 4) is 0 Å². The fourth-order valence-electron chi connectivity index (χ4n) is 5.56. The number of ether oxygens (including phenoxy) is 5. The van der Waals surface area contributed by atoms with Crippen LogP contribution in [0.1, 0.15) is 27.2 Å². The van der Waals surface area contributed by atoms with Crippen molar-refractivity contribution >= 4 is 17.8 Å². The molecular weight excluding hydrogens is 616 g/mol. The summed E-state index contributed by atoms with van der Waals surface area (Å²) in [5, 5.41) is 108. The summed E-state index contributed by atoms with van der Waals surface area (Å²) in [4.78, 5) is 36.6. The highest BCUT2D eigenvalue weighted by atomic mass is 16.8. The Balaban J connectivity index is 1.98. The van der Waals surface area contributed by atoms with Crippen LogP contribution in [-0.4, -0.2) is 180 Å². The van der Waals surface area contributed by atoms with Crippen LogP contribution in [0.2, 0.25) is 0 Å². The highest BCUT2D eigenvalue weighted by molar-refractivity contribution is 5.77. The Labute approximate surface area is 256 Å². The number of carboxylic acids is 1. The minimum absolute atomic E-state index is 0.683. The summed E-state index contributed by atoms with van der Waals surface area (Å²) in [5.74, 6) is -6.22. The first-order chi connectivity index (χ1) is 21.0. The molecule has 20 nitrogen and oxygen atoms in total. The van der Waals surface area contributed by atoms with Crippen molar-refractivity contribution in [3.05, 3.63) is 0 Å². The second-order valence-corrected chi connectivity index (χ2v) is 11.2. The maximum Gasteiger partial charge on any atom is 0.364 e. The smallest absolute Gasteiger partial charge is 0.364 e. The van der Waals surface area contributed by atoms with Gasteiger partial charge in [0.15, 0.2) is 12.6 Å². The van der Waals surface area contributed by atoms with Crippen LogP contribution in [-0.2, 0) is 38.1 Å². The lowest BCUT2D eigenvalue weighted by Gasteiger charge is -2.51. The van der Waals surface area contributed by atoms with Gasteiger partial charge in [-0.15, -0.1) is 0 Å². The third-order valence-corrected chi connectivity index (χ3v) is 7.79. The minimum atomic E-state index is -2.94. The molecule has 0 aromatic carbocycles. The molecule has 0 aromatic rings. The molecule has 0 spiro atoms. The molecule has 0 radical (unpaired) electrons. The van der Waals surface area contributed by atoms with Crippen LogP contribution in [0.4, 0.5) is 0 Å². The van der Waals surface area contributed by atoms with Crippen molar-refractivity contribution < 1.29 is 89.1 Å². The molecule has 0 aliphatic carbocycles. The van der Waals surface area contributed by atoms with E-state index in [0.29, 0.717) is 0 Å². The van der Waals surface area contributed by atoms with Crippen molar-refractivity contribution in [3.63, 3.8) is 0 Å². The van der Waals surface area contributed by atoms with Gasteiger partial charge in [-0.2, -0.15) is 0 Å². The normalized spacial score (nSPS) is 43.6. The molecule has 0 bridgehead atoms. The Hall–Kier alpha value is -2.15. The van der Waals surface area contributed by atoms with Crippen LogP contribution in [0.15, 0.2) is 0 Å². The molecule has 45 heavy (non-hydrogen) atoms. The molecule has 0 unspecified atom stereocenters. The third kappa shape index (κ3) is 8.05. The average Bonchev–Trinajstić information content (AvgIpc) is 2.96. The highest BCUT2D eigenvalue weighted by Crippen LogP contribution is 2.38. The van der Waals surface area contributed by atoms with Gasteiger partial charge < -0.3 is 85.4 Å². The number of hydrogen-bond donors (Lipinski definition) is 12. The first kappa shape index (κ1) is 37.3. The van der Waals surface area contributed by atoms with Gasteiger partial charge in [-0.25, -0.2) is 4.79 Å². The molecule has 3 aliphatic rings. The van der Waals surface area contributed by atoms with E-state index in [4.69, 9.17) is 23.7 Å². The highest BCUT2D eigenvalue weighted by Gasteiger charge is 2.60. The van der Waals surface area contributed by atoms with Gasteiger partial charge in [0.25, 0.3) is 5.79 Å². The van der Waals surface area contributed by atoms with Gasteiger partial charge in [0.2, 0.25) is 11.8 Å². The van der Waals surface area contributed by atoms with Crippen LogP contribution in [0.3, 0.4) is 0 Å². The zero-order chi connectivity index (χ0) is 34.0. The maximum atomic E-state index is 12.7. The number of nitrogens with one attached hydrogen (secondary N) is 2. The lowest BCUT2D eigenvalue weighted by molar-refractivity contribution is -0.383. The van der Waals surface area contributed by atoms with Gasteiger partial charge in [-0.3, -0.25) is 9.59 Å². The average molecular weight is 659 g/mol. The van der Waals surface area contributed by atoms with E-state index in [2.05, 4.69) is 10.6 Å². The standard InChI is InChI=1S/C25H42N2O18/c1-7(30)13(26-8(2)31)20-14(27-9(3)32)10(33)4-25(44-20,24(39)40)45-21-15(34)11(5-28)42-23(18(21)37)43-19-12(6-29)41-22(38)17(36)16(19)35/h7,10-23,28-30,33-38H,4-6H2,1-3H3,(H,26,31)(H,27,32)(H,39,40)/t7-,10+,11-,12-,13-,14-,15+,16-,17-,18-,19-,20+,21+,22-,23+,25+/m1/s1. The predicted octanol–water partition coefficient (Wildman–Crippen LogP) is -7.05. The fourth-order valence-corrected chi connectivity index (χ4v) is 5.56. The van der Waals surface area contributed by atoms with E-state index in [9.17, 15) is 65.4 Å². The molecule has 3 saturated heterocycles. The molecule has 260 valence electrons. The number of carbonyl (C=O) groups excluding carboxylic acids is 2. The second-order valence-electron chi connectivity index (χ2n) is 11.2. The van der Waals surface area contributed by atoms with Crippen LogP contribution in [0, 0.1) is 0 Å². The summed E-state index contributed by atoms with van der Waals surface area (Å²) in [6.45, 7) is 1.59. The summed E-state index contributed by atoms with van der Waals surface area (Å²) in [5.41, 5.74) is 0. The van der Waals surface area contributed by atoms with Crippen molar-refractivity contribution in [2.45, 2.75) is 125 Å². The van der Waals surface area contributed by atoms with Crippen LogP contribution < -0.4 is 10.6 Å². The van der Waals surface area contributed by atoms with Gasteiger partial charge in [0, 0.05) is 20.3 Å². The first-order valence-electron chi connectivity index (χ1n) is 14.1. The van der Waals surface area contributed by atoms with Gasteiger partial charge in [0.05, 0.1) is 37.5 Å².